The molecule has 24 heavy (non-hydrogen) atoms. The zero-order valence-corrected chi connectivity index (χ0v) is 14.2. The van der Waals surface area contributed by atoms with Gasteiger partial charge in [0.15, 0.2) is 0 Å². The quantitative estimate of drug-likeness (QED) is 0.429. The highest BCUT2D eigenvalue weighted by atomic mass is 32.2. The van der Waals surface area contributed by atoms with Crippen molar-refractivity contribution >= 4 is 49.8 Å². The molecule has 0 N–H and O–H groups in total. The number of fused-ring (bicyclic) bond motifs is 2. The molecule has 0 aliphatic heterocycles. The lowest BCUT2D eigenvalue weighted by molar-refractivity contribution is 0.276. The Bertz CT molecular complexity index is 966. The molecule has 0 spiro atoms. The molecule has 4 rings (SSSR count). The van der Waals surface area contributed by atoms with Gasteiger partial charge < -0.3 is 0 Å². The molecule has 0 fully saturated rings. The largest absolute Gasteiger partial charge is 0.274 e. The van der Waals surface area contributed by atoms with Crippen molar-refractivity contribution in [1.29, 1.82) is 0 Å². The molecule has 3 nitrogen and oxygen atoms in total. The average molecular weight is 348 g/mol. The second-order valence-corrected chi connectivity index (χ2v) is 7.38. The molecule has 0 atom stereocenters. The number of carbonyl (C=O) groups excluding carboxylic acids is 1. The van der Waals surface area contributed by atoms with Gasteiger partial charge in [-0.1, -0.05) is 48.5 Å². The van der Waals surface area contributed by atoms with Crippen LogP contribution >= 0.6 is 23.5 Å². The van der Waals surface area contributed by atoms with E-state index in [9.17, 15) is 4.79 Å². The minimum absolute atomic E-state index is 0.0411. The van der Waals surface area contributed by atoms with Crippen molar-refractivity contribution in [2.75, 3.05) is 0 Å². The highest BCUT2D eigenvalue weighted by molar-refractivity contribution is 8.38. The number of pyridine rings is 2. The van der Waals surface area contributed by atoms with Gasteiger partial charge in [0.05, 0.1) is 11.0 Å². The van der Waals surface area contributed by atoms with Crippen molar-refractivity contribution in [3.63, 3.8) is 0 Å². The maximum atomic E-state index is 12.3. The molecule has 5 heteroatoms. The Balaban J connectivity index is 1.52. The Morgan fingerprint density at radius 2 is 1.08 bits per heavy atom. The zero-order valence-electron chi connectivity index (χ0n) is 12.5. The fourth-order valence-electron chi connectivity index (χ4n) is 2.40. The third kappa shape index (κ3) is 3.27. The van der Waals surface area contributed by atoms with Gasteiger partial charge >= 0.3 is 0 Å². The van der Waals surface area contributed by atoms with E-state index < -0.39 is 0 Å². The summed E-state index contributed by atoms with van der Waals surface area (Å²) in [6.45, 7) is 0. The van der Waals surface area contributed by atoms with Crippen LogP contribution in [-0.2, 0) is 0 Å². The molecule has 0 radical (unpaired) electrons. The molecular formula is C19H12N2OS2. The summed E-state index contributed by atoms with van der Waals surface area (Å²) in [4.78, 5) is 21.3. The first-order valence-corrected chi connectivity index (χ1v) is 9.02. The lowest BCUT2D eigenvalue weighted by Crippen LogP contribution is -1.88. The van der Waals surface area contributed by atoms with Crippen LogP contribution in [0.1, 0.15) is 0 Å². The van der Waals surface area contributed by atoms with Crippen LogP contribution in [-0.4, -0.2) is 14.4 Å². The van der Waals surface area contributed by atoms with E-state index in [1.165, 1.54) is 0 Å². The third-order valence-electron chi connectivity index (χ3n) is 3.52. The van der Waals surface area contributed by atoms with Gasteiger partial charge in [-0.05, 0) is 47.8 Å². The Labute approximate surface area is 147 Å². The second kappa shape index (κ2) is 6.63. The van der Waals surface area contributed by atoms with Crippen LogP contribution in [0.5, 0.6) is 0 Å². The summed E-state index contributed by atoms with van der Waals surface area (Å²) in [5.74, 6) is 0. The number of para-hydroxylation sites is 2. The van der Waals surface area contributed by atoms with Gasteiger partial charge in [0.1, 0.15) is 10.1 Å². The van der Waals surface area contributed by atoms with Crippen LogP contribution in [0.15, 0.2) is 82.8 Å². The number of aromatic nitrogens is 2. The van der Waals surface area contributed by atoms with E-state index in [1.54, 1.807) is 0 Å². The number of benzene rings is 2. The summed E-state index contributed by atoms with van der Waals surface area (Å²) >= 11 is 2.26. The predicted molar refractivity (Wildman–Crippen MR) is 101 cm³/mol. The highest BCUT2D eigenvalue weighted by Gasteiger charge is 2.10. The predicted octanol–water partition coefficient (Wildman–Crippen LogP) is 5.79. The Hall–Kier alpha value is -2.37. The van der Waals surface area contributed by atoms with E-state index in [1.807, 2.05) is 72.8 Å². The van der Waals surface area contributed by atoms with E-state index in [-0.39, 0.29) is 4.45 Å². The Morgan fingerprint density at radius 3 is 1.58 bits per heavy atom. The van der Waals surface area contributed by atoms with Crippen molar-refractivity contribution in [2.45, 2.75) is 10.1 Å². The smallest absolute Gasteiger partial charge is 0.258 e. The molecule has 2 aromatic heterocycles. The van der Waals surface area contributed by atoms with Crippen molar-refractivity contribution < 1.29 is 4.79 Å². The molecule has 2 heterocycles. The SMILES string of the molecule is O=C(Sc1ccc2ccccc2n1)Sc1ccc2ccccc2n1. The summed E-state index contributed by atoms with van der Waals surface area (Å²) in [6.07, 6.45) is 0. The van der Waals surface area contributed by atoms with Crippen molar-refractivity contribution in [3.8, 4) is 0 Å². The lowest BCUT2D eigenvalue weighted by Gasteiger charge is -2.03. The normalized spacial score (nSPS) is 11.0. The van der Waals surface area contributed by atoms with Crippen LogP contribution in [0.25, 0.3) is 21.8 Å². The zero-order chi connectivity index (χ0) is 16.4. The molecule has 0 aliphatic carbocycles. The summed E-state index contributed by atoms with van der Waals surface area (Å²) in [7, 11) is 0. The van der Waals surface area contributed by atoms with Crippen LogP contribution in [0.2, 0.25) is 0 Å². The van der Waals surface area contributed by atoms with Crippen molar-refractivity contribution in [3.05, 3.63) is 72.8 Å². The fraction of sp³-hybridized carbons (Fsp3) is 0. The standard InChI is InChI=1S/C19H12N2OS2/c22-19(23-17-11-9-13-5-1-3-7-15(13)20-17)24-18-12-10-14-6-2-4-8-16(14)21-18/h1-12H. The summed E-state index contributed by atoms with van der Waals surface area (Å²) in [5, 5.41) is 3.54. The van der Waals surface area contributed by atoms with E-state index in [2.05, 4.69) is 9.97 Å². The van der Waals surface area contributed by atoms with Gasteiger partial charge in [0.2, 0.25) is 0 Å². The maximum Gasteiger partial charge on any atom is 0.258 e. The Morgan fingerprint density at radius 1 is 0.625 bits per heavy atom. The topological polar surface area (TPSA) is 42.9 Å². The molecule has 0 saturated heterocycles. The number of hydrogen-bond acceptors (Lipinski definition) is 5. The van der Waals surface area contributed by atoms with Gasteiger partial charge in [-0.15, -0.1) is 0 Å². The van der Waals surface area contributed by atoms with Gasteiger partial charge in [-0.25, -0.2) is 9.97 Å². The number of thioether (sulfide) groups is 2. The third-order valence-corrected chi connectivity index (χ3v) is 5.23. The number of nitrogens with zero attached hydrogens (tertiary/aromatic N) is 2. The van der Waals surface area contributed by atoms with Gasteiger partial charge in [0, 0.05) is 10.8 Å². The summed E-state index contributed by atoms with van der Waals surface area (Å²) in [5.41, 5.74) is 1.79. The highest BCUT2D eigenvalue weighted by Crippen LogP contribution is 2.30. The molecule has 0 saturated carbocycles. The number of hydrogen-bond donors (Lipinski definition) is 0. The molecular weight excluding hydrogens is 336 g/mol. The maximum absolute atomic E-state index is 12.3. The molecule has 0 aliphatic rings. The number of carbonyl (C=O) groups is 1. The first-order valence-electron chi connectivity index (χ1n) is 7.39. The average Bonchev–Trinajstić information content (AvgIpc) is 2.61. The van der Waals surface area contributed by atoms with E-state index >= 15 is 0 Å². The van der Waals surface area contributed by atoms with Gasteiger partial charge in [-0.2, -0.15) is 0 Å². The van der Waals surface area contributed by atoms with E-state index in [4.69, 9.17) is 0 Å². The van der Waals surface area contributed by atoms with Crippen LogP contribution in [0, 0.1) is 0 Å². The molecule has 0 unspecified atom stereocenters. The van der Waals surface area contributed by atoms with Crippen LogP contribution in [0.4, 0.5) is 4.79 Å². The number of rotatable bonds is 2. The Kier molecular flexibility index (Phi) is 4.19. The van der Waals surface area contributed by atoms with Crippen LogP contribution < -0.4 is 0 Å². The van der Waals surface area contributed by atoms with Crippen molar-refractivity contribution in [1.82, 2.24) is 9.97 Å². The first-order chi connectivity index (χ1) is 11.8. The van der Waals surface area contributed by atoms with E-state index in [0.717, 1.165) is 45.3 Å². The van der Waals surface area contributed by atoms with Crippen LogP contribution in [0.3, 0.4) is 0 Å². The minimum atomic E-state index is -0.0411. The second-order valence-electron chi connectivity index (χ2n) is 5.14. The molecule has 0 bridgehead atoms. The lowest BCUT2D eigenvalue weighted by atomic mass is 10.2. The van der Waals surface area contributed by atoms with Crippen molar-refractivity contribution in [2.24, 2.45) is 0 Å². The molecule has 116 valence electrons. The monoisotopic (exact) mass is 348 g/mol. The molecule has 0 amide bonds. The fourth-order valence-corrected chi connectivity index (χ4v) is 3.98. The van der Waals surface area contributed by atoms with Gasteiger partial charge in [-0.3, -0.25) is 4.79 Å². The summed E-state index contributed by atoms with van der Waals surface area (Å²) < 4.78 is -0.0411. The molecule has 2 aromatic carbocycles. The van der Waals surface area contributed by atoms with E-state index in [0.29, 0.717) is 10.1 Å². The summed E-state index contributed by atoms with van der Waals surface area (Å²) in [6, 6.07) is 23.5. The molecule has 4 aromatic rings. The first kappa shape index (κ1) is 15.2. The van der Waals surface area contributed by atoms with Gasteiger partial charge in [0.25, 0.3) is 4.45 Å². The minimum Gasteiger partial charge on any atom is -0.274 e.